The lowest BCUT2D eigenvalue weighted by molar-refractivity contribution is 0.329. The Kier molecular flexibility index (Phi) is 7.90. The third-order valence-corrected chi connectivity index (χ3v) is 4.50. The van der Waals surface area contributed by atoms with Gasteiger partial charge in [0.25, 0.3) is 0 Å². The van der Waals surface area contributed by atoms with Gasteiger partial charge >= 0.3 is 0 Å². The fraction of sp³-hybridized carbons (Fsp3) is 0.524. The van der Waals surface area contributed by atoms with Crippen LogP contribution in [0.25, 0.3) is 22.3 Å². The van der Waals surface area contributed by atoms with Gasteiger partial charge in [0.05, 0.1) is 26.4 Å². The molecule has 0 fully saturated rings. The van der Waals surface area contributed by atoms with Crippen LogP contribution in [-0.2, 0) is 0 Å². The highest BCUT2D eigenvalue weighted by molar-refractivity contribution is 5.77. The smallest absolute Gasteiger partial charge is 0.246 e. The van der Waals surface area contributed by atoms with Crippen molar-refractivity contribution in [1.82, 2.24) is 39.0 Å². The van der Waals surface area contributed by atoms with Gasteiger partial charge in [-0.1, -0.05) is 7.43 Å². The van der Waals surface area contributed by atoms with Crippen LogP contribution in [0.4, 0.5) is 5.95 Å². The number of nitrogens with two attached hydrogens (primary N) is 1. The van der Waals surface area contributed by atoms with Crippen molar-refractivity contribution in [2.24, 2.45) is 0 Å². The second-order valence-electron chi connectivity index (χ2n) is 7.44. The number of nitrogens with zero attached hydrogens (tertiary/aromatic N) is 8. The first-order valence-electron chi connectivity index (χ1n) is 10.1. The molecule has 0 saturated carbocycles. The Bertz CT molecular complexity index is 1180. The summed E-state index contributed by atoms with van der Waals surface area (Å²) in [6, 6.07) is 0.600. The van der Waals surface area contributed by atoms with Crippen molar-refractivity contribution in [2.45, 2.75) is 61.1 Å². The van der Waals surface area contributed by atoms with Gasteiger partial charge in [-0.25, -0.2) is 15.0 Å². The summed E-state index contributed by atoms with van der Waals surface area (Å²) in [5.74, 6) is 1.89. The number of fused-ring (bicyclic) bond motifs is 2. The summed E-state index contributed by atoms with van der Waals surface area (Å²) in [6.45, 7) is 12.7. The lowest BCUT2D eigenvalue weighted by atomic mass is 10.4. The Labute approximate surface area is 188 Å². The number of imidazole rings is 2. The zero-order chi connectivity index (χ0) is 22.7. The maximum absolute atomic E-state index is 5.59. The Hall–Kier alpha value is -3.50. The van der Waals surface area contributed by atoms with Crippen molar-refractivity contribution in [2.75, 3.05) is 19.5 Å². The van der Waals surface area contributed by atoms with Crippen molar-refractivity contribution in [3.63, 3.8) is 0 Å². The van der Waals surface area contributed by atoms with E-state index in [1.165, 1.54) is 7.11 Å². The molecular formula is C21H33N9O2. The molecule has 4 rings (SSSR count). The van der Waals surface area contributed by atoms with E-state index in [-0.39, 0.29) is 19.4 Å². The lowest BCUT2D eigenvalue weighted by Gasteiger charge is -2.08. The van der Waals surface area contributed by atoms with Gasteiger partial charge in [-0.05, 0) is 41.5 Å². The molecule has 0 aliphatic rings. The van der Waals surface area contributed by atoms with Crippen LogP contribution in [0.3, 0.4) is 0 Å². The molecule has 0 aliphatic carbocycles. The molecule has 0 amide bonds. The van der Waals surface area contributed by atoms with Crippen molar-refractivity contribution in [1.29, 1.82) is 0 Å². The molecule has 174 valence electrons. The molecule has 0 bridgehead atoms. The number of rotatable bonds is 5. The van der Waals surface area contributed by atoms with E-state index < -0.39 is 0 Å². The number of hydrogen-bond donors (Lipinski definition) is 1. The van der Waals surface area contributed by atoms with Crippen LogP contribution >= 0.6 is 0 Å². The third-order valence-electron chi connectivity index (χ3n) is 4.50. The second-order valence-corrected chi connectivity index (χ2v) is 7.44. The number of aryl methyl sites for hydroxylation is 1. The van der Waals surface area contributed by atoms with E-state index in [2.05, 4.69) is 43.8 Å². The van der Waals surface area contributed by atoms with Crippen LogP contribution in [0.15, 0.2) is 12.7 Å². The highest BCUT2D eigenvalue weighted by Crippen LogP contribution is 2.24. The summed E-state index contributed by atoms with van der Waals surface area (Å²) in [7, 11) is 1.54. The van der Waals surface area contributed by atoms with E-state index >= 15 is 0 Å². The minimum absolute atomic E-state index is 0. The fourth-order valence-corrected chi connectivity index (χ4v) is 3.04. The standard InChI is InChI=1S/C11H16N4O.C9H13N5O.CH4/c1-5-16-11-9-10(13-8(4)14-11)15(6-12-9)7(2)3;1-5(2)14-4-11-6-7(14)12-9(10)13-8(6)15-3;/h6-7H,5H2,1-4H3;4-5H,1-3H3,(H2,10,12,13);1H4. The zero-order valence-electron chi connectivity index (χ0n) is 19.0. The number of methoxy groups -OCH3 is 1. The molecule has 11 heteroatoms. The van der Waals surface area contributed by atoms with E-state index in [1.807, 2.05) is 36.8 Å². The molecule has 0 aromatic carbocycles. The number of hydrogen-bond acceptors (Lipinski definition) is 9. The van der Waals surface area contributed by atoms with Crippen LogP contribution in [0.5, 0.6) is 11.8 Å². The average Bonchev–Trinajstić information content (AvgIpc) is 3.32. The highest BCUT2D eigenvalue weighted by Gasteiger charge is 2.14. The Balaban J connectivity index is 0.000000220. The summed E-state index contributed by atoms with van der Waals surface area (Å²) in [5.41, 5.74) is 8.50. The predicted molar refractivity (Wildman–Crippen MR) is 125 cm³/mol. The first-order valence-corrected chi connectivity index (χ1v) is 10.1. The highest BCUT2D eigenvalue weighted by atomic mass is 16.5. The third kappa shape index (κ3) is 4.87. The van der Waals surface area contributed by atoms with Crippen LogP contribution in [-0.4, -0.2) is 52.8 Å². The van der Waals surface area contributed by atoms with Crippen molar-refractivity contribution < 1.29 is 9.47 Å². The van der Waals surface area contributed by atoms with Crippen molar-refractivity contribution >= 4 is 28.3 Å². The minimum atomic E-state index is 0. The number of anilines is 1. The van der Waals surface area contributed by atoms with Gasteiger partial charge in [0.2, 0.25) is 17.7 Å². The van der Waals surface area contributed by atoms with E-state index in [4.69, 9.17) is 15.2 Å². The number of ether oxygens (including phenoxy) is 2. The molecule has 0 unspecified atom stereocenters. The van der Waals surface area contributed by atoms with Gasteiger partial charge < -0.3 is 24.3 Å². The second kappa shape index (κ2) is 10.2. The van der Waals surface area contributed by atoms with E-state index in [1.54, 1.807) is 12.7 Å². The molecule has 2 N–H and O–H groups in total. The van der Waals surface area contributed by atoms with Gasteiger partial charge in [-0.3, -0.25) is 0 Å². The van der Waals surface area contributed by atoms with Gasteiger partial charge in [-0.2, -0.15) is 15.0 Å². The van der Waals surface area contributed by atoms with Gasteiger partial charge in [0, 0.05) is 12.1 Å². The van der Waals surface area contributed by atoms with Gasteiger partial charge in [-0.15, -0.1) is 0 Å². The summed E-state index contributed by atoms with van der Waals surface area (Å²) in [4.78, 5) is 25.3. The molecule has 4 aromatic rings. The van der Waals surface area contributed by atoms with Gasteiger partial charge in [0.1, 0.15) is 5.82 Å². The summed E-state index contributed by atoms with van der Waals surface area (Å²) >= 11 is 0. The Morgan fingerprint density at radius 3 is 1.91 bits per heavy atom. The first-order chi connectivity index (χ1) is 14.8. The van der Waals surface area contributed by atoms with Crippen LogP contribution in [0.2, 0.25) is 0 Å². The molecule has 0 saturated heterocycles. The maximum Gasteiger partial charge on any atom is 0.246 e. The summed E-state index contributed by atoms with van der Waals surface area (Å²) in [6.07, 6.45) is 3.50. The first kappa shape index (κ1) is 24.8. The molecule has 32 heavy (non-hydrogen) atoms. The summed E-state index contributed by atoms with van der Waals surface area (Å²) < 4.78 is 14.5. The molecule has 0 radical (unpaired) electrons. The van der Waals surface area contributed by atoms with Crippen molar-refractivity contribution in [3.8, 4) is 11.8 Å². The topological polar surface area (TPSA) is 132 Å². The van der Waals surface area contributed by atoms with Crippen LogP contribution < -0.4 is 15.2 Å². The zero-order valence-corrected chi connectivity index (χ0v) is 19.0. The van der Waals surface area contributed by atoms with E-state index in [9.17, 15) is 0 Å². The maximum atomic E-state index is 5.59. The minimum Gasteiger partial charge on any atom is -0.479 e. The van der Waals surface area contributed by atoms with Crippen molar-refractivity contribution in [3.05, 3.63) is 18.5 Å². The normalized spacial score (nSPS) is 10.9. The molecule has 4 aromatic heterocycles. The molecule has 0 aliphatic heterocycles. The molecule has 11 nitrogen and oxygen atoms in total. The number of aromatic nitrogens is 8. The largest absolute Gasteiger partial charge is 0.479 e. The Morgan fingerprint density at radius 1 is 0.875 bits per heavy atom. The predicted octanol–water partition coefficient (Wildman–Crippen LogP) is 3.75. The SMILES string of the molecule is C.CCOc1nc(C)nc2c1ncn2C(C)C.COc1nc(N)nc2c1ncn2C(C)C. The molecule has 0 spiro atoms. The quantitative estimate of drug-likeness (QED) is 0.489. The average molecular weight is 444 g/mol. The van der Waals surface area contributed by atoms with Gasteiger partial charge in [0.15, 0.2) is 22.3 Å². The van der Waals surface area contributed by atoms with E-state index in [0.717, 1.165) is 11.2 Å². The number of nitrogen functional groups attached to an aromatic ring is 1. The molecular weight excluding hydrogens is 410 g/mol. The monoisotopic (exact) mass is 443 g/mol. The lowest BCUT2D eigenvalue weighted by Crippen LogP contribution is -2.03. The molecule has 0 atom stereocenters. The fourth-order valence-electron chi connectivity index (χ4n) is 3.04. The van der Waals surface area contributed by atoms with Crippen LogP contribution in [0, 0.1) is 6.92 Å². The Morgan fingerprint density at radius 2 is 1.41 bits per heavy atom. The molecule has 4 heterocycles. The summed E-state index contributed by atoms with van der Waals surface area (Å²) in [5, 5.41) is 0. The van der Waals surface area contributed by atoms with Crippen LogP contribution in [0.1, 0.15) is 60.0 Å². The van der Waals surface area contributed by atoms with E-state index in [0.29, 0.717) is 41.4 Å².